The van der Waals surface area contributed by atoms with Gasteiger partial charge in [-0.15, -0.1) is 10.2 Å². The first-order chi connectivity index (χ1) is 10.6. The molecule has 0 aromatic carbocycles. The van der Waals surface area contributed by atoms with Gasteiger partial charge in [0.15, 0.2) is 0 Å². The fourth-order valence-corrected chi connectivity index (χ4v) is 3.86. The average molecular weight is 306 g/mol. The first-order valence-electron chi connectivity index (χ1n) is 8.89. The molecule has 2 fully saturated rings. The minimum Gasteiger partial charge on any atom is -0.377 e. The van der Waals surface area contributed by atoms with Crippen LogP contribution in [0.5, 0.6) is 0 Å². The highest BCUT2D eigenvalue weighted by Crippen LogP contribution is 2.27. The molecule has 1 saturated heterocycles. The topological polar surface area (TPSA) is 43.2 Å². The fraction of sp³-hybridized carbons (Fsp3) is 0.882. The molecule has 22 heavy (non-hydrogen) atoms. The van der Waals surface area contributed by atoms with Gasteiger partial charge in [0.25, 0.3) is 0 Å². The van der Waals surface area contributed by atoms with E-state index in [1.165, 1.54) is 38.5 Å². The average Bonchev–Trinajstić information content (AvgIpc) is 3.20. The van der Waals surface area contributed by atoms with Gasteiger partial charge < -0.3 is 9.30 Å². The van der Waals surface area contributed by atoms with E-state index < -0.39 is 0 Å². The van der Waals surface area contributed by atoms with Crippen molar-refractivity contribution in [2.24, 2.45) is 7.05 Å². The number of nitrogens with zero attached hydrogens (tertiary/aromatic N) is 4. The Labute approximate surface area is 134 Å². The van der Waals surface area contributed by atoms with E-state index in [4.69, 9.17) is 4.74 Å². The summed E-state index contributed by atoms with van der Waals surface area (Å²) in [7, 11) is 2.10. The van der Waals surface area contributed by atoms with Crippen molar-refractivity contribution in [2.45, 2.75) is 77.0 Å². The lowest BCUT2D eigenvalue weighted by Gasteiger charge is -2.30. The largest absolute Gasteiger partial charge is 0.377 e. The molecule has 0 bridgehead atoms. The zero-order valence-corrected chi connectivity index (χ0v) is 14.3. The van der Waals surface area contributed by atoms with Gasteiger partial charge in [0, 0.05) is 32.2 Å². The second-order valence-corrected chi connectivity index (χ2v) is 7.19. The maximum atomic E-state index is 5.87. The molecule has 2 aliphatic rings. The van der Waals surface area contributed by atoms with Gasteiger partial charge in [0.1, 0.15) is 11.6 Å². The summed E-state index contributed by atoms with van der Waals surface area (Å²) in [6.45, 7) is 7.24. The van der Waals surface area contributed by atoms with Crippen molar-refractivity contribution in [1.29, 1.82) is 0 Å². The first kappa shape index (κ1) is 15.9. The van der Waals surface area contributed by atoms with Crippen LogP contribution in [-0.2, 0) is 18.3 Å². The van der Waals surface area contributed by atoms with Crippen LogP contribution in [0.15, 0.2) is 0 Å². The van der Waals surface area contributed by atoms with Gasteiger partial charge in [-0.1, -0.05) is 26.7 Å². The van der Waals surface area contributed by atoms with E-state index in [0.29, 0.717) is 18.1 Å². The monoisotopic (exact) mass is 306 g/mol. The number of ether oxygens (including phenoxy) is 1. The van der Waals surface area contributed by atoms with Crippen LogP contribution in [0.25, 0.3) is 0 Å². The highest BCUT2D eigenvalue weighted by Gasteiger charge is 2.28. The normalized spacial score (nSPS) is 23.2. The third-order valence-electron chi connectivity index (χ3n) is 5.16. The predicted octanol–water partition coefficient (Wildman–Crippen LogP) is 2.86. The first-order valence-corrected chi connectivity index (χ1v) is 8.89. The van der Waals surface area contributed by atoms with Gasteiger partial charge in [0.2, 0.25) is 0 Å². The van der Waals surface area contributed by atoms with Crippen molar-refractivity contribution in [3.8, 4) is 0 Å². The van der Waals surface area contributed by atoms with Gasteiger partial charge in [0.05, 0.1) is 12.6 Å². The van der Waals surface area contributed by atoms with Crippen LogP contribution in [0.2, 0.25) is 0 Å². The molecule has 1 aromatic heterocycles. The third kappa shape index (κ3) is 3.51. The number of hydrogen-bond acceptors (Lipinski definition) is 4. The zero-order chi connectivity index (χ0) is 15.5. The van der Waals surface area contributed by atoms with Crippen molar-refractivity contribution in [3.05, 3.63) is 11.6 Å². The van der Waals surface area contributed by atoms with Crippen LogP contribution < -0.4 is 0 Å². The minimum atomic E-state index is 0.415. The van der Waals surface area contributed by atoms with E-state index in [9.17, 15) is 0 Å². The Hall–Kier alpha value is -0.940. The van der Waals surface area contributed by atoms with E-state index in [-0.39, 0.29) is 0 Å². The second-order valence-electron chi connectivity index (χ2n) is 7.19. The molecule has 124 valence electrons. The van der Waals surface area contributed by atoms with Crippen molar-refractivity contribution in [2.75, 3.05) is 13.2 Å². The molecule has 1 unspecified atom stereocenters. The van der Waals surface area contributed by atoms with Gasteiger partial charge in [-0.2, -0.15) is 0 Å². The molecule has 0 N–H and O–H groups in total. The Balaban J connectivity index is 1.71. The van der Waals surface area contributed by atoms with Crippen molar-refractivity contribution in [3.63, 3.8) is 0 Å². The lowest BCUT2D eigenvalue weighted by molar-refractivity contribution is 0.0526. The van der Waals surface area contributed by atoms with E-state index in [1.54, 1.807) is 0 Å². The Kier molecular flexibility index (Phi) is 5.14. The van der Waals surface area contributed by atoms with Crippen molar-refractivity contribution < 1.29 is 4.74 Å². The summed E-state index contributed by atoms with van der Waals surface area (Å²) < 4.78 is 8.05. The second kappa shape index (κ2) is 7.09. The quantitative estimate of drug-likeness (QED) is 0.810. The van der Waals surface area contributed by atoms with Crippen LogP contribution in [0.1, 0.15) is 69.9 Å². The van der Waals surface area contributed by atoms with Crippen molar-refractivity contribution in [1.82, 2.24) is 19.7 Å². The van der Waals surface area contributed by atoms with Crippen molar-refractivity contribution >= 4 is 0 Å². The van der Waals surface area contributed by atoms with Crippen LogP contribution in [0.4, 0.5) is 0 Å². The summed E-state index contributed by atoms with van der Waals surface area (Å²) in [5.74, 6) is 2.59. The predicted molar refractivity (Wildman–Crippen MR) is 86.7 cm³/mol. The summed E-state index contributed by atoms with van der Waals surface area (Å²) in [5.41, 5.74) is 0. The molecule has 1 aliphatic carbocycles. The van der Waals surface area contributed by atoms with Crippen LogP contribution in [0.3, 0.4) is 0 Å². The van der Waals surface area contributed by atoms with Crippen LogP contribution in [0, 0.1) is 0 Å². The minimum absolute atomic E-state index is 0.415. The van der Waals surface area contributed by atoms with Gasteiger partial charge in [-0.3, -0.25) is 4.90 Å². The summed E-state index contributed by atoms with van der Waals surface area (Å²) in [6, 6.07) is 0.698. The lowest BCUT2D eigenvalue weighted by Crippen LogP contribution is -2.39. The SMILES string of the molecule is CC(C)c1nnc(CN(CC2CCCO2)C2CCCC2)n1C. The maximum absolute atomic E-state index is 5.87. The molecule has 5 heteroatoms. The Morgan fingerprint density at radius 3 is 2.55 bits per heavy atom. The molecular weight excluding hydrogens is 276 g/mol. The molecule has 1 aliphatic heterocycles. The van der Waals surface area contributed by atoms with Gasteiger partial charge in [-0.05, 0) is 25.7 Å². The summed E-state index contributed by atoms with van der Waals surface area (Å²) in [4.78, 5) is 2.61. The summed E-state index contributed by atoms with van der Waals surface area (Å²) in [6.07, 6.45) is 8.21. The highest BCUT2D eigenvalue weighted by molar-refractivity contribution is 5.00. The van der Waals surface area contributed by atoms with Gasteiger partial charge in [-0.25, -0.2) is 0 Å². The van der Waals surface area contributed by atoms with Crippen LogP contribution in [-0.4, -0.2) is 45.0 Å². The number of aromatic nitrogens is 3. The summed E-state index contributed by atoms with van der Waals surface area (Å²) in [5, 5.41) is 8.83. The van der Waals surface area contributed by atoms with E-state index in [1.807, 2.05) is 0 Å². The van der Waals surface area contributed by atoms with Crippen LogP contribution >= 0.6 is 0 Å². The standard InChI is InChI=1S/C17H30N4O/c1-13(2)17-19-18-16(20(17)3)12-21(14-7-4-5-8-14)11-15-9-6-10-22-15/h13-15H,4-12H2,1-3H3. The molecule has 0 radical (unpaired) electrons. The molecule has 2 heterocycles. The fourth-order valence-electron chi connectivity index (χ4n) is 3.86. The third-order valence-corrected chi connectivity index (χ3v) is 5.16. The Bertz CT molecular complexity index is 473. The Morgan fingerprint density at radius 1 is 1.18 bits per heavy atom. The molecule has 1 saturated carbocycles. The summed E-state index contributed by atoms with van der Waals surface area (Å²) >= 11 is 0. The maximum Gasteiger partial charge on any atom is 0.146 e. The molecule has 5 nitrogen and oxygen atoms in total. The number of hydrogen-bond donors (Lipinski definition) is 0. The molecule has 3 rings (SSSR count). The lowest BCUT2D eigenvalue weighted by atomic mass is 10.1. The van der Waals surface area contributed by atoms with E-state index in [0.717, 1.165) is 31.3 Å². The molecule has 0 spiro atoms. The van der Waals surface area contributed by atoms with E-state index in [2.05, 4.69) is 40.6 Å². The number of rotatable bonds is 6. The molecule has 1 atom stereocenters. The van der Waals surface area contributed by atoms with E-state index >= 15 is 0 Å². The smallest absolute Gasteiger partial charge is 0.146 e. The molecule has 0 amide bonds. The molecule has 1 aromatic rings. The van der Waals surface area contributed by atoms with Gasteiger partial charge >= 0.3 is 0 Å². The zero-order valence-electron chi connectivity index (χ0n) is 14.3. The molecular formula is C17H30N4O. The highest BCUT2D eigenvalue weighted by atomic mass is 16.5. The Morgan fingerprint density at radius 2 is 1.95 bits per heavy atom.